The van der Waals surface area contributed by atoms with Gasteiger partial charge < -0.3 is 15.4 Å². The predicted molar refractivity (Wildman–Crippen MR) is 61.7 cm³/mol. The van der Waals surface area contributed by atoms with Crippen LogP contribution in [0.4, 0.5) is 0 Å². The van der Waals surface area contributed by atoms with E-state index in [0.717, 1.165) is 39.3 Å². The fourth-order valence-electron chi connectivity index (χ4n) is 1.09. The van der Waals surface area contributed by atoms with E-state index in [4.69, 9.17) is 4.74 Å². The van der Waals surface area contributed by atoms with Gasteiger partial charge in [-0.3, -0.25) is 0 Å². The summed E-state index contributed by atoms with van der Waals surface area (Å²) in [6, 6.07) is 0. The molecule has 0 spiro atoms. The van der Waals surface area contributed by atoms with Gasteiger partial charge in [-0.05, 0) is 40.7 Å². The molecule has 0 radical (unpaired) electrons. The molecule has 0 aliphatic heterocycles. The lowest BCUT2D eigenvalue weighted by molar-refractivity contribution is 0.145. The minimum absolute atomic E-state index is 0.229. The molecular formula is C11H26N2O. The molecule has 86 valence electrons. The Hall–Kier alpha value is -0.120. The predicted octanol–water partition coefficient (Wildman–Crippen LogP) is 1.39. The first-order valence-corrected chi connectivity index (χ1v) is 5.60. The highest BCUT2D eigenvalue weighted by molar-refractivity contribution is 4.70. The summed E-state index contributed by atoms with van der Waals surface area (Å²) in [7, 11) is 0. The Bertz CT molecular complexity index is 121. The van der Waals surface area contributed by atoms with E-state index >= 15 is 0 Å². The number of ether oxygens (including phenoxy) is 1. The molecule has 0 saturated heterocycles. The lowest BCUT2D eigenvalue weighted by Crippen LogP contribution is -2.40. The molecule has 0 aliphatic carbocycles. The monoisotopic (exact) mass is 202 g/mol. The van der Waals surface area contributed by atoms with Gasteiger partial charge in [0, 0.05) is 31.8 Å². The Morgan fingerprint density at radius 2 is 1.79 bits per heavy atom. The molecule has 0 aromatic rings. The largest absolute Gasteiger partial charge is 0.382 e. The second-order valence-corrected chi connectivity index (χ2v) is 4.48. The lowest BCUT2D eigenvalue weighted by Gasteiger charge is -2.20. The Labute approximate surface area is 88.6 Å². The maximum absolute atomic E-state index is 5.24. The first kappa shape index (κ1) is 13.9. The maximum Gasteiger partial charge on any atom is 0.0477 e. The molecule has 0 saturated carbocycles. The number of rotatable bonds is 8. The fraction of sp³-hybridized carbons (Fsp3) is 1.00. The van der Waals surface area contributed by atoms with Crippen LogP contribution in [0.15, 0.2) is 0 Å². The molecule has 2 N–H and O–H groups in total. The molecule has 0 fully saturated rings. The van der Waals surface area contributed by atoms with Gasteiger partial charge in [0.1, 0.15) is 0 Å². The molecule has 0 aromatic heterocycles. The molecule has 0 bridgehead atoms. The zero-order chi connectivity index (χ0) is 10.9. The number of hydrogen-bond donors (Lipinski definition) is 2. The number of nitrogens with one attached hydrogen (secondary N) is 2. The van der Waals surface area contributed by atoms with Gasteiger partial charge in [0.15, 0.2) is 0 Å². The van der Waals surface area contributed by atoms with E-state index in [1.165, 1.54) is 0 Å². The van der Waals surface area contributed by atoms with Crippen LogP contribution in [0.5, 0.6) is 0 Å². The van der Waals surface area contributed by atoms with Crippen LogP contribution in [-0.4, -0.2) is 38.4 Å². The van der Waals surface area contributed by atoms with Crippen LogP contribution in [0.2, 0.25) is 0 Å². The summed E-state index contributed by atoms with van der Waals surface area (Å²) in [5, 5.41) is 6.80. The second-order valence-electron chi connectivity index (χ2n) is 4.48. The van der Waals surface area contributed by atoms with Crippen LogP contribution >= 0.6 is 0 Å². The van der Waals surface area contributed by atoms with Gasteiger partial charge in [0.2, 0.25) is 0 Å². The average molecular weight is 202 g/mol. The van der Waals surface area contributed by atoms with E-state index in [1.807, 2.05) is 6.92 Å². The third-order valence-electron chi connectivity index (χ3n) is 1.80. The molecule has 0 aromatic carbocycles. The first-order chi connectivity index (χ1) is 6.56. The van der Waals surface area contributed by atoms with E-state index in [0.29, 0.717) is 0 Å². The van der Waals surface area contributed by atoms with Crippen molar-refractivity contribution in [2.75, 3.05) is 32.8 Å². The molecular weight excluding hydrogens is 176 g/mol. The van der Waals surface area contributed by atoms with Crippen LogP contribution in [0.1, 0.15) is 34.1 Å². The SMILES string of the molecule is CCOCCCNCCNC(C)(C)C. The van der Waals surface area contributed by atoms with Crippen molar-refractivity contribution in [1.29, 1.82) is 0 Å². The van der Waals surface area contributed by atoms with E-state index < -0.39 is 0 Å². The van der Waals surface area contributed by atoms with Gasteiger partial charge >= 0.3 is 0 Å². The van der Waals surface area contributed by atoms with Gasteiger partial charge in [-0.1, -0.05) is 0 Å². The van der Waals surface area contributed by atoms with Crippen LogP contribution in [-0.2, 0) is 4.74 Å². The third-order valence-corrected chi connectivity index (χ3v) is 1.80. The van der Waals surface area contributed by atoms with Crippen molar-refractivity contribution in [1.82, 2.24) is 10.6 Å². The quantitative estimate of drug-likeness (QED) is 0.584. The Morgan fingerprint density at radius 3 is 2.36 bits per heavy atom. The van der Waals surface area contributed by atoms with Crippen molar-refractivity contribution in [3.8, 4) is 0 Å². The van der Waals surface area contributed by atoms with Crippen molar-refractivity contribution < 1.29 is 4.74 Å². The molecule has 3 nitrogen and oxygen atoms in total. The van der Waals surface area contributed by atoms with Gasteiger partial charge in [-0.2, -0.15) is 0 Å². The minimum atomic E-state index is 0.229. The highest BCUT2D eigenvalue weighted by Gasteiger charge is 2.06. The zero-order valence-corrected chi connectivity index (χ0v) is 10.2. The van der Waals surface area contributed by atoms with E-state index in [1.54, 1.807) is 0 Å². The molecule has 0 heterocycles. The van der Waals surface area contributed by atoms with Gasteiger partial charge in [-0.25, -0.2) is 0 Å². The average Bonchev–Trinajstić information content (AvgIpc) is 2.08. The van der Waals surface area contributed by atoms with Crippen molar-refractivity contribution in [3.63, 3.8) is 0 Å². The van der Waals surface area contributed by atoms with E-state index in [-0.39, 0.29) is 5.54 Å². The molecule has 0 rings (SSSR count). The van der Waals surface area contributed by atoms with Crippen molar-refractivity contribution >= 4 is 0 Å². The summed E-state index contributed by atoms with van der Waals surface area (Å²) in [6.45, 7) is 13.4. The standard InChI is InChI=1S/C11H26N2O/c1-5-14-10-6-7-12-8-9-13-11(2,3)4/h12-13H,5-10H2,1-4H3. The Kier molecular flexibility index (Phi) is 8.14. The molecule has 14 heavy (non-hydrogen) atoms. The highest BCUT2D eigenvalue weighted by atomic mass is 16.5. The molecule has 0 aliphatic rings. The summed E-state index contributed by atoms with van der Waals surface area (Å²) in [5.74, 6) is 0. The number of hydrogen-bond acceptors (Lipinski definition) is 3. The van der Waals surface area contributed by atoms with Crippen molar-refractivity contribution in [2.45, 2.75) is 39.7 Å². The Morgan fingerprint density at radius 1 is 1.07 bits per heavy atom. The minimum Gasteiger partial charge on any atom is -0.382 e. The summed E-state index contributed by atoms with van der Waals surface area (Å²) in [6.07, 6.45) is 1.10. The highest BCUT2D eigenvalue weighted by Crippen LogP contribution is 1.96. The van der Waals surface area contributed by atoms with Crippen LogP contribution in [0.3, 0.4) is 0 Å². The zero-order valence-electron chi connectivity index (χ0n) is 10.2. The maximum atomic E-state index is 5.24. The second kappa shape index (κ2) is 8.21. The fourth-order valence-corrected chi connectivity index (χ4v) is 1.09. The van der Waals surface area contributed by atoms with E-state index in [2.05, 4.69) is 31.4 Å². The summed E-state index contributed by atoms with van der Waals surface area (Å²) >= 11 is 0. The third kappa shape index (κ3) is 11.9. The normalized spacial score (nSPS) is 12.0. The van der Waals surface area contributed by atoms with Crippen LogP contribution < -0.4 is 10.6 Å². The lowest BCUT2D eigenvalue weighted by atomic mass is 10.1. The molecule has 0 unspecified atom stereocenters. The van der Waals surface area contributed by atoms with Crippen molar-refractivity contribution in [3.05, 3.63) is 0 Å². The van der Waals surface area contributed by atoms with Gasteiger partial charge in [0.25, 0.3) is 0 Å². The summed E-state index contributed by atoms with van der Waals surface area (Å²) in [5.41, 5.74) is 0.229. The van der Waals surface area contributed by atoms with Gasteiger partial charge in [0.05, 0.1) is 0 Å². The Balaban J connectivity index is 2.99. The summed E-state index contributed by atoms with van der Waals surface area (Å²) < 4.78 is 5.24. The first-order valence-electron chi connectivity index (χ1n) is 5.60. The smallest absolute Gasteiger partial charge is 0.0477 e. The molecule has 0 amide bonds. The van der Waals surface area contributed by atoms with Gasteiger partial charge in [-0.15, -0.1) is 0 Å². The van der Waals surface area contributed by atoms with Crippen LogP contribution in [0, 0.1) is 0 Å². The van der Waals surface area contributed by atoms with Crippen LogP contribution in [0.25, 0.3) is 0 Å². The molecule has 3 heteroatoms. The van der Waals surface area contributed by atoms with Crippen molar-refractivity contribution in [2.24, 2.45) is 0 Å². The van der Waals surface area contributed by atoms with E-state index in [9.17, 15) is 0 Å². The molecule has 0 atom stereocenters. The topological polar surface area (TPSA) is 33.3 Å². The summed E-state index contributed by atoms with van der Waals surface area (Å²) in [4.78, 5) is 0.